The molecule has 0 amide bonds. The van der Waals surface area contributed by atoms with Crippen LogP contribution in [0.25, 0.3) is 0 Å². The van der Waals surface area contributed by atoms with E-state index in [2.05, 4.69) is 29.8 Å². The second kappa shape index (κ2) is 7.09. The number of hydrogen-bond donors (Lipinski definition) is 2. The van der Waals surface area contributed by atoms with E-state index in [1.54, 1.807) is 12.2 Å². The van der Waals surface area contributed by atoms with Crippen molar-refractivity contribution in [1.82, 2.24) is 0 Å². The highest BCUT2D eigenvalue weighted by Crippen LogP contribution is 2.71. The molecule has 3 saturated carbocycles. The fraction of sp³-hybridized carbons (Fsp3) is 0.708. The zero-order chi connectivity index (χ0) is 23.0. The van der Waals surface area contributed by atoms with Gasteiger partial charge in [0.25, 0.3) is 0 Å². The van der Waals surface area contributed by atoms with E-state index in [0.717, 1.165) is 12.0 Å². The topological polar surface area (TPSA) is 101 Å². The lowest BCUT2D eigenvalue weighted by atomic mass is 9.44. The molecular formula is C24H31BrO6. The van der Waals surface area contributed by atoms with Crippen molar-refractivity contribution in [3.63, 3.8) is 0 Å². The molecule has 6 nitrogen and oxygen atoms in total. The maximum atomic E-state index is 13.0. The van der Waals surface area contributed by atoms with Crippen molar-refractivity contribution in [2.75, 3.05) is 6.61 Å². The molecule has 4 aliphatic rings. The van der Waals surface area contributed by atoms with E-state index in [9.17, 15) is 24.6 Å². The van der Waals surface area contributed by atoms with E-state index >= 15 is 0 Å². The molecule has 0 spiro atoms. The van der Waals surface area contributed by atoms with Crippen LogP contribution >= 0.6 is 15.9 Å². The summed E-state index contributed by atoms with van der Waals surface area (Å²) in [6.45, 7) is 6.84. The van der Waals surface area contributed by atoms with E-state index in [4.69, 9.17) is 4.74 Å². The number of rotatable bonds is 3. The number of allylic oxidation sites excluding steroid dienone is 4. The number of alkyl halides is 1. The number of carbonyl (C=O) groups excluding carboxylic acids is 3. The van der Waals surface area contributed by atoms with Crippen LogP contribution in [0.5, 0.6) is 0 Å². The molecule has 0 heterocycles. The molecule has 0 aliphatic heterocycles. The Kier molecular flexibility index (Phi) is 5.23. The van der Waals surface area contributed by atoms with Crippen LogP contribution in [0.4, 0.5) is 0 Å². The smallest absolute Gasteiger partial charge is 0.303 e. The Bertz CT molecular complexity index is 910. The van der Waals surface area contributed by atoms with Crippen LogP contribution in [0.15, 0.2) is 23.8 Å². The van der Waals surface area contributed by atoms with Crippen molar-refractivity contribution in [2.24, 2.45) is 28.6 Å². The van der Waals surface area contributed by atoms with Gasteiger partial charge in [0, 0.05) is 17.8 Å². The summed E-state index contributed by atoms with van der Waals surface area (Å²) >= 11 is 3.98. The van der Waals surface area contributed by atoms with Crippen LogP contribution in [-0.2, 0) is 19.1 Å². The predicted molar refractivity (Wildman–Crippen MR) is 117 cm³/mol. The molecule has 7 heteroatoms. The molecule has 8 atom stereocenters. The monoisotopic (exact) mass is 494 g/mol. The van der Waals surface area contributed by atoms with Crippen molar-refractivity contribution in [3.05, 3.63) is 23.8 Å². The quantitative estimate of drug-likeness (QED) is 0.462. The molecular weight excluding hydrogens is 464 g/mol. The SMILES string of the molecule is CC(=O)OCC(=O)[C@]1(O)CC[C@H]2[C@@H]3C[C@@H](C)C4=CC(=O)C=C[C@]4(C)[C@@]3(Br)[C@@H](O)C[C@@]21C. The number of carbonyl (C=O) groups is 3. The first-order chi connectivity index (χ1) is 14.3. The van der Waals surface area contributed by atoms with E-state index in [-0.39, 0.29) is 36.4 Å². The summed E-state index contributed by atoms with van der Waals surface area (Å²) < 4.78 is 4.20. The van der Waals surface area contributed by atoms with Gasteiger partial charge in [-0.2, -0.15) is 0 Å². The minimum absolute atomic E-state index is 0.00611. The van der Waals surface area contributed by atoms with Gasteiger partial charge in [-0.25, -0.2) is 0 Å². The standard InChI is InChI=1S/C24H31BrO6/c1-13-9-18-16-6-8-23(30,20(29)12-31-14(2)26)22(16,4)11-19(28)24(18,25)21(3)7-5-15(27)10-17(13)21/h5,7,10,13,16,18-19,28,30H,6,8-9,11-12H2,1-4H3/t13-,16+,18+,19+,21+,22+,23-,24+/m1/s1. The van der Waals surface area contributed by atoms with Crippen LogP contribution in [0.1, 0.15) is 53.4 Å². The van der Waals surface area contributed by atoms with Gasteiger partial charge in [-0.1, -0.05) is 48.4 Å². The molecule has 0 aromatic rings. The van der Waals surface area contributed by atoms with E-state index in [0.29, 0.717) is 6.42 Å². The zero-order valence-corrected chi connectivity index (χ0v) is 20.1. The average molecular weight is 495 g/mol. The lowest BCUT2D eigenvalue weighted by Crippen LogP contribution is -2.69. The number of ether oxygens (including phenoxy) is 1. The number of hydrogen-bond acceptors (Lipinski definition) is 6. The fourth-order valence-electron chi connectivity index (χ4n) is 7.35. The number of fused-ring (bicyclic) bond motifs is 5. The second-order valence-electron chi connectivity index (χ2n) is 10.4. The lowest BCUT2D eigenvalue weighted by molar-refractivity contribution is -0.176. The Balaban J connectivity index is 1.75. The van der Waals surface area contributed by atoms with Crippen LogP contribution in [0, 0.1) is 28.6 Å². The van der Waals surface area contributed by atoms with E-state index < -0.39 is 45.2 Å². The summed E-state index contributed by atoms with van der Waals surface area (Å²) in [6, 6.07) is 0. The highest BCUT2D eigenvalue weighted by molar-refractivity contribution is 9.10. The van der Waals surface area contributed by atoms with Crippen LogP contribution in [-0.4, -0.2) is 50.4 Å². The number of halogens is 1. The highest BCUT2D eigenvalue weighted by atomic mass is 79.9. The lowest BCUT2D eigenvalue weighted by Gasteiger charge is -2.65. The molecule has 0 aromatic carbocycles. The van der Waals surface area contributed by atoms with Gasteiger partial charge < -0.3 is 14.9 Å². The number of aliphatic hydroxyl groups is 2. The number of aliphatic hydroxyl groups excluding tert-OH is 1. The van der Waals surface area contributed by atoms with Crippen molar-refractivity contribution in [3.8, 4) is 0 Å². The van der Waals surface area contributed by atoms with Crippen molar-refractivity contribution < 1.29 is 29.3 Å². The number of esters is 1. The molecule has 3 fully saturated rings. The molecule has 4 rings (SSSR count). The second-order valence-corrected chi connectivity index (χ2v) is 11.7. The van der Waals surface area contributed by atoms with Crippen molar-refractivity contribution in [2.45, 2.75) is 69.4 Å². The third-order valence-electron chi connectivity index (χ3n) is 8.99. The molecule has 0 unspecified atom stereocenters. The molecule has 0 saturated heterocycles. The van der Waals surface area contributed by atoms with Crippen molar-refractivity contribution in [1.29, 1.82) is 0 Å². The third-order valence-corrected chi connectivity index (χ3v) is 10.9. The van der Waals surface area contributed by atoms with Gasteiger partial charge in [0.2, 0.25) is 5.78 Å². The Labute approximate surface area is 191 Å². The molecule has 0 radical (unpaired) electrons. The van der Waals surface area contributed by atoms with Gasteiger partial charge in [-0.05, 0) is 55.6 Å². The van der Waals surface area contributed by atoms with Crippen LogP contribution in [0.3, 0.4) is 0 Å². The first-order valence-electron chi connectivity index (χ1n) is 11.0. The molecule has 0 aromatic heterocycles. The van der Waals surface area contributed by atoms with Crippen molar-refractivity contribution >= 4 is 33.5 Å². The molecule has 4 aliphatic carbocycles. The normalized spacial score (nSPS) is 48.4. The number of ketones is 2. The maximum Gasteiger partial charge on any atom is 0.303 e. The maximum absolute atomic E-state index is 13.0. The summed E-state index contributed by atoms with van der Waals surface area (Å²) in [4.78, 5) is 36.3. The highest BCUT2D eigenvalue weighted by Gasteiger charge is 2.73. The molecule has 170 valence electrons. The van der Waals surface area contributed by atoms with Crippen LogP contribution < -0.4 is 0 Å². The Hall–Kier alpha value is -1.31. The largest absolute Gasteiger partial charge is 0.458 e. The van der Waals surface area contributed by atoms with Gasteiger partial charge in [0.1, 0.15) is 5.60 Å². The third kappa shape index (κ3) is 2.85. The molecule has 31 heavy (non-hydrogen) atoms. The molecule has 2 N–H and O–H groups in total. The summed E-state index contributed by atoms with van der Waals surface area (Å²) in [5.74, 6) is -0.974. The first kappa shape index (κ1) is 22.9. The summed E-state index contributed by atoms with van der Waals surface area (Å²) in [7, 11) is 0. The first-order valence-corrected chi connectivity index (χ1v) is 11.8. The van der Waals surface area contributed by atoms with E-state index in [1.807, 2.05) is 13.0 Å². The molecule has 0 bridgehead atoms. The van der Waals surface area contributed by atoms with Crippen LogP contribution in [0.2, 0.25) is 0 Å². The van der Waals surface area contributed by atoms with Gasteiger partial charge in [0.05, 0.1) is 10.4 Å². The van der Waals surface area contributed by atoms with Gasteiger partial charge in [-0.15, -0.1) is 0 Å². The minimum Gasteiger partial charge on any atom is -0.458 e. The van der Waals surface area contributed by atoms with Gasteiger partial charge in [-0.3, -0.25) is 14.4 Å². The zero-order valence-electron chi connectivity index (χ0n) is 18.5. The van der Waals surface area contributed by atoms with Gasteiger partial charge >= 0.3 is 5.97 Å². The summed E-state index contributed by atoms with van der Waals surface area (Å²) in [6.07, 6.45) is 6.27. The Morgan fingerprint density at radius 1 is 1.29 bits per heavy atom. The van der Waals surface area contributed by atoms with E-state index in [1.165, 1.54) is 6.92 Å². The Morgan fingerprint density at radius 2 is 1.97 bits per heavy atom. The fourth-order valence-corrected chi connectivity index (χ4v) is 8.38. The summed E-state index contributed by atoms with van der Waals surface area (Å²) in [5.41, 5.74) is -2.01. The predicted octanol–water partition coefficient (Wildman–Crippen LogP) is 2.89. The average Bonchev–Trinajstić information content (AvgIpc) is 2.96. The number of Topliss-reactive ketones (excluding diaryl/α,β-unsaturated/α-hetero) is 1. The Morgan fingerprint density at radius 3 is 2.61 bits per heavy atom. The van der Waals surface area contributed by atoms with Gasteiger partial charge in [0.15, 0.2) is 12.4 Å². The summed E-state index contributed by atoms with van der Waals surface area (Å²) in [5, 5.41) is 23.1. The minimum atomic E-state index is -1.65.